The molecule has 14 heavy (non-hydrogen) atoms. The minimum absolute atomic E-state index is 0.128. The first-order valence-electron chi connectivity index (χ1n) is 3.92. The lowest BCUT2D eigenvalue weighted by Gasteiger charge is -2.08. The fourth-order valence-electron chi connectivity index (χ4n) is 1.05. The Labute approximate surface area is 89.5 Å². The summed E-state index contributed by atoms with van der Waals surface area (Å²) in [6, 6.07) is 3.46. The van der Waals surface area contributed by atoms with Crippen molar-refractivity contribution in [3.63, 3.8) is 0 Å². The van der Waals surface area contributed by atoms with Gasteiger partial charge in [0.2, 0.25) is 0 Å². The van der Waals surface area contributed by atoms with E-state index in [4.69, 9.17) is 10.8 Å². The molecule has 0 amide bonds. The van der Waals surface area contributed by atoms with E-state index in [0.717, 1.165) is 0 Å². The van der Waals surface area contributed by atoms with Crippen LogP contribution in [0.1, 0.15) is 17.2 Å². The highest BCUT2D eigenvalue weighted by atomic mass is 79.9. The number of phenolic OH excluding ortho intramolecular Hbond substituents is 1. The fourth-order valence-corrected chi connectivity index (χ4v) is 1.50. The van der Waals surface area contributed by atoms with Gasteiger partial charge in [-0.05, 0) is 17.7 Å². The van der Waals surface area contributed by atoms with Gasteiger partial charge in [0, 0.05) is 10.9 Å². The average molecular weight is 260 g/mol. The van der Waals surface area contributed by atoms with Gasteiger partial charge < -0.3 is 15.9 Å². The number of aromatic hydroxyl groups is 1. The second-order valence-corrected chi connectivity index (χ2v) is 3.40. The van der Waals surface area contributed by atoms with E-state index in [1.165, 1.54) is 12.1 Å². The van der Waals surface area contributed by atoms with Crippen LogP contribution in [0.2, 0.25) is 0 Å². The Morgan fingerprint density at radius 3 is 2.71 bits per heavy atom. The number of carbonyl (C=O) groups is 1. The number of halogens is 1. The number of hydrogen-bond acceptors (Lipinski definition) is 3. The molecule has 0 fully saturated rings. The molecule has 0 saturated carbocycles. The van der Waals surface area contributed by atoms with Gasteiger partial charge >= 0.3 is 5.97 Å². The molecule has 1 unspecified atom stereocenters. The first kappa shape index (κ1) is 11.0. The molecule has 76 valence electrons. The summed E-state index contributed by atoms with van der Waals surface area (Å²) < 4.78 is 0. The first-order valence-corrected chi connectivity index (χ1v) is 5.04. The van der Waals surface area contributed by atoms with Crippen LogP contribution in [0.15, 0.2) is 18.2 Å². The van der Waals surface area contributed by atoms with Crippen LogP contribution < -0.4 is 5.73 Å². The molecular weight excluding hydrogens is 250 g/mol. The Bertz CT molecular complexity index is 354. The summed E-state index contributed by atoms with van der Waals surface area (Å²) in [5, 5.41) is 18.5. The van der Waals surface area contributed by atoms with Gasteiger partial charge in [-0.25, -0.2) is 0 Å². The number of rotatable bonds is 3. The van der Waals surface area contributed by atoms with Crippen molar-refractivity contribution < 1.29 is 15.0 Å². The highest BCUT2D eigenvalue weighted by Crippen LogP contribution is 2.23. The molecule has 1 rings (SSSR count). The van der Waals surface area contributed by atoms with E-state index in [-0.39, 0.29) is 5.75 Å². The van der Waals surface area contributed by atoms with Crippen molar-refractivity contribution in [3.05, 3.63) is 29.3 Å². The molecule has 0 heterocycles. The lowest BCUT2D eigenvalue weighted by molar-refractivity contribution is -0.138. The first-order chi connectivity index (χ1) is 6.56. The average Bonchev–Trinajstić information content (AvgIpc) is 2.17. The van der Waals surface area contributed by atoms with E-state index in [1.807, 2.05) is 0 Å². The fraction of sp³-hybridized carbons (Fsp3) is 0.222. The molecule has 0 aliphatic carbocycles. The van der Waals surface area contributed by atoms with Crippen LogP contribution >= 0.6 is 15.9 Å². The summed E-state index contributed by atoms with van der Waals surface area (Å²) in [6.45, 7) is 0. The molecule has 5 heteroatoms. The lowest BCUT2D eigenvalue weighted by atomic mass is 10.0. The van der Waals surface area contributed by atoms with Gasteiger partial charge in [-0.15, -0.1) is 0 Å². The van der Waals surface area contributed by atoms with Gasteiger partial charge in [0.25, 0.3) is 0 Å². The van der Waals surface area contributed by atoms with Crippen molar-refractivity contribution in [2.24, 2.45) is 5.73 Å². The van der Waals surface area contributed by atoms with Crippen molar-refractivity contribution in [3.8, 4) is 5.75 Å². The molecule has 0 aliphatic heterocycles. The Kier molecular flexibility index (Phi) is 3.49. The Morgan fingerprint density at radius 2 is 2.21 bits per heavy atom. The Balaban J connectivity index is 3.06. The maximum absolute atomic E-state index is 10.6. The molecule has 0 aromatic heterocycles. The zero-order chi connectivity index (χ0) is 10.7. The smallest absolute Gasteiger partial charge is 0.325 e. The van der Waals surface area contributed by atoms with E-state index in [9.17, 15) is 9.90 Å². The molecule has 0 spiro atoms. The predicted octanol–water partition coefficient (Wildman–Crippen LogP) is 1.37. The predicted molar refractivity (Wildman–Crippen MR) is 55.3 cm³/mol. The van der Waals surface area contributed by atoms with Crippen LogP contribution in [0, 0.1) is 0 Å². The lowest BCUT2D eigenvalue weighted by Crippen LogP contribution is -2.20. The van der Waals surface area contributed by atoms with Gasteiger partial charge in [0.05, 0.1) is 0 Å². The number of nitrogens with two attached hydrogens (primary N) is 1. The van der Waals surface area contributed by atoms with Gasteiger partial charge in [0.15, 0.2) is 0 Å². The van der Waals surface area contributed by atoms with Crippen molar-refractivity contribution in [2.45, 2.75) is 11.4 Å². The summed E-state index contributed by atoms with van der Waals surface area (Å²) in [4.78, 5) is 10.6. The molecule has 1 aromatic carbocycles. The number of alkyl halides is 1. The monoisotopic (exact) mass is 259 g/mol. The summed E-state index contributed by atoms with van der Waals surface area (Å²) in [7, 11) is 0. The van der Waals surface area contributed by atoms with E-state index in [2.05, 4.69) is 15.9 Å². The Hall–Kier alpha value is -1.07. The highest BCUT2D eigenvalue weighted by molar-refractivity contribution is 9.08. The van der Waals surface area contributed by atoms with Gasteiger partial charge in [-0.2, -0.15) is 0 Å². The molecule has 0 aliphatic rings. The van der Waals surface area contributed by atoms with Crippen molar-refractivity contribution >= 4 is 21.9 Å². The van der Waals surface area contributed by atoms with Crippen LogP contribution in [-0.4, -0.2) is 16.2 Å². The molecule has 4 nitrogen and oxygen atoms in total. The standard InChI is InChI=1S/C9H10BrNO3/c10-4-6-3-5(1-2-7(6)12)8(11)9(13)14/h1-3,8,12H,4,11H2,(H,13,14). The molecule has 0 radical (unpaired) electrons. The minimum Gasteiger partial charge on any atom is -0.508 e. The van der Waals surface area contributed by atoms with Crippen LogP contribution in [0.25, 0.3) is 0 Å². The van der Waals surface area contributed by atoms with Crippen LogP contribution in [0.3, 0.4) is 0 Å². The number of hydrogen-bond donors (Lipinski definition) is 3. The van der Waals surface area contributed by atoms with Gasteiger partial charge in [-0.3, -0.25) is 4.79 Å². The van der Waals surface area contributed by atoms with Crippen molar-refractivity contribution in [1.29, 1.82) is 0 Å². The molecule has 0 bridgehead atoms. The van der Waals surface area contributed by atoms with Crippen LogP contribution in [0.5, 0.6) is 5.75 Å². The second kappa shape index (κ2) is 4.43. The third-order valence-electron chi connectivity index (χ3n) is 1.87. The molecule has 0 saturated heterocycles. The maximum Gasteiger partial charge on any atom is 0.325 e. The summed E-state index contributed by atoms with van der Waals surface area (Å²) in [5.74, 6) is -0.959. The normalized spacial score (nSPS) is 12.4. The molecular formula is C9H10BrNO3. The van der Waals surface area contributed by atoms with Gasteiger partial charge in [0.1, 0.15) is 11.8 Å². The SMILES string of the molecule is NC(C(=O)O)c1ccc(O)c(CBr)c1. The van der Waals surface area contributed by atoms with Gasteiger partial charge in [-0.1, -0.05) is 22.0 Å². The highest BCUT2D eigenvalue weighted by Gasteiger charge is 2.15. The number of benzene rings is 1. The third kappa shape index (κ3) is 2.24. The summed E-state index contributed by atoms with van der Waals surface area (Å²) in [6.07, 6.45) is 0. The number of carboxylic acids is 1. The van der Waals surface area contributed by atoms with E-state index in [1.54, 1.807) is 6.07 Å². The maximum atomic E-state index is 10.6. The number of aliphatic carboxylic acids is 1. The zero-order valence-corrected chi connectivity index (χ0v) is 8.86. The molecule has 1 aromatic rings. The van der Waals surface area contributed by atoms with Crippen LogP contribution in [-0.2, 0) is 10.1 Å². The minimum atomic E-state index is -1.09. The quantitative estimate of drug-likeness (QED) is 0.717. The molecule has 4 N–H and O–H groups in total. The topological polar surface area (TPSA) is 83.6 Å². The van der Waals surface area contributed by atoms with Crippen LogP contribution in [0.4, 0.5) is 0 Å². The van der Waals surface area contributed by atoms with E-state index < -0.39 is 12.0 Å². The summed E-state index contributed by atoms with van der Waals surface area (Å²) in [5.41, 5.74) is 6.52. The van der Waals surface area contributed by atoms with E-state index in [0.29, 0.717) is 16.5 Å². The third-order valence-corrected chi connectivity index (χ3v) is 2.48. The number of carboxylic acid groups (broad SMARTS) is 1. The van der Waals surface area contributed by atoms with Crippen molar-refractivity contribution in [1.82, 2.24) is 0 Å². The summed E-state index contributed by atoms with van der Waals surface area (Å²) >= 11 is 3.18. The number of phenols is 1. The zero-order valence-electron chi connectivity index (χ0n) is 7.27. The second-order valence-electron chi connectivity index (χ2n) is 2.84. The largest absolute Gasteiger partial charge is 0.508 e. The van der Waals surface area contributed by atoms with Crippen molar-refractivity contribution in [2.75, 3.05) is 0 Å². The Morgan fingerprint density at radius 1 is 1.57 bits per heavy atom. The van der Waals surface area contributed by atoms with E-state index >= 15 is 0 Å². The molecule has 1 atom stereocenters.